The predicted octanol–water partition coefficient (Wildman–Crippen LogP) is 3.62. The van der Waals surface area contributed by atoms with Gasteiger partial charge in [-0.25, -0.2) is 9.50 Å². The third kappa shape index (κ3) is 2.39. The Labute approximate surface area is 142 Å². The van der Waals surface area contributed by atoms with Crippen molar-refractivity contribution in [3.63, 3.8) is 0 Å². The molecule has 0 amide bonds. The highest BCUT2D eigenvalue weighted by Gasteiger charge is 2.09. The van der Waals surface area contributed by atoms with Crippen molar-refractivity contribution in [2.24, 2.45) is 0 Å². The largest absolute Gasteiger partial charge is 0.305 e. The number of nitrogens with zero attached hydrogens (tertiary/aromatic N) is 3. The molecule has 5 nitrogen and oxygen atoms in total. The fraction of sp³-hybridized carbons (Fsp3) is 0.0556. The SMILES string of the molecule is Cc1cccc2c(=O)[nH]c(C(Cl)=Cc3cnn4ccccc34)nc12. The zero-order valence-corrected chi connectivity index (χ0v) is 13.6. The van der Waals surface area contributed by atoms with Crippen LogP contribution in [0.25, 0.3) is 27.5 Å². The highest BCUT2D eigenvalue weighted by molar-refractivity contribution is 6.50. The van der Waals surface area contributed by atoms with Crippen molar-refractivity contribution in [2.75, 3.05) is 0 Å². The molecule has 0 aliphatic rings. The highest BCUT2D eigenvalue weighted by Crippen LogP contribution is 2.22. The number of benzene rings is 1. The number of pyridine rings is 1. The molecule has 3 heterocycles. The van der Waals surface area contributed by atoms with Crippen LogP contribution in [0.3, 0.4) is 0 Å². The average molecular weight is 337 g/mol. The topological polar surface area (TPSA) is 63.0 Å². The van der Waals surface area contributed by atoms with Crippen molar-refractivity contribution in [1.82, 2.24) is 19.6 Å². The van der Waals surface area contributed by atoms with Crippen LogP contribution < -0.4 is 5.56 Å². The summed E-state index contributed by atoms with van der Waals surface area (Å²) in [5.74, 6) is 0.346. The second-order valence-electron chi connectivity index (χ2n) is 5.51. The zero-order valence-electron chi connectivity index (χ0n) is 12.8. The molecule has 0 radical (unpaired) electrons. The van der Waals surface area contributed by atoms with Crippen molar-refractivity contribution in [3.05, 3.63) is 76.1 Å². The van der Waals surface area contributed by atoms with Gasteiger partial charge in [0.25, 0.3) is 5.56 Å². The van der Waals surface area contributed by atoms with Crippen molar-refractivity contribution in [1.29, 1.82) is 0 Å². The van der Waals surface area contributed by atoms with Gasteiger partial charge in [-0.15, -0.1) is 0 Å². The van der Waals surface area contributed by atoms with Crippen molar-refractivity contribution >= 4 is 39.1 Å². The van der Waals surface area contributed by atoms with Gasteiger partial charge in [0.05, 0.1) is 27.6 Å². The maximum atomic E-state index is 12.3. The fourth-order valence-electron chi connectivity index (χ4n) is 2.69. The van der Waals surface area contributed by atoms with Gasteiger partial charge in [0.1, 0.15) is 0 Å². The summed E-state index contributed by atoms with van der Waals surface area (Å²) in [7, 11) is 0. The number of fused-ring (bicyclic) bond motifs is 2. The normalized spacial score (nSPS) is 12.2. The van der Waals surface area contributed by atoms with E-state index in [9.17, 15) is 4.79 Å². The summed E-state index contributed by atoms with van der Waals surface area (Å²) in [6.45, 7) is 1.92. The van der Waals surface area contributed by atoms with Crippen LogP contribution in [-0.4, -0.2) is 19.6 Å². The molecule has 0 aliphatic carbocycles. The molecule has 0 saturated carbocycles. The molecule has 0 atom stereocenters. The van der Waals surface area contributed by atoms with Gasteiger partial charge in [0, 0.05) is 11.8 Å². The number of H-pyrrole nitrogens is 1. The van der Waals surface area contributed by atoms with E-state index < -0.39 is 0 Å². The van der Waals surface area contributed by atoms with Gasteiger partial charge in [-0.3, -0.25) is 4.79 Å². The summed E-state index contributed by atoms with van der Waals surface area (Å²) >= 11 is 6.41. The Bertz CT molecular complexity index is 1160. The lowest BCUT2D eigenvalue weighted by Crippen LogP contribution is -2.11. The summed E-state index contributed by atoms with van der Waals surface area (Å²) in [6, 6.07) is 11.3. The predicted molar refractivity (Wildman–Crippen MR) is 96.0 cm³/mol. The van der Waals surface area contributed by atoms with Crippen molar-refractivity contribution in [2.45, 2.75) is 6.92 Å². The first kappa shape index (κ1) is 14.7. The molecular formula is C18H13ClN4O. The lowest BCUT2D eigenvalue weighted by Gasteiger charge is -2.04. The highest BCUT2D eigenvalue weighted by atomic mass is 35.5. The maximum Gasteiger partial charge on any atom is 0.259 e. The standard InChI is InChI=1S/C18H13ClN4O/c1-11-5-4-6-13-16(11)21-17(22-18(13)24)14(19)9-12-10-20-23-8-3-2-7-15(12)23/h2-10H,1H3,(H,21,22,24). The summed E-state index contributed by atoms with van der Waals surface area (Å²) in [5, 5.41) is 5.18. The van der Waals surface area contributed by atoms with E-state index in [1.807, 2.05) is 43.5 Å². The van der Waals surface area contributed by atoms with Crippen LogP contribution >= 0.6 is 11.6 Å². The first-order chi connectivity index (χ1) is 11.6. The number of aromatic amines is 1. The minimum absolute atomic E-state index is 0.204. The van der Waals surface area contributed by atoms with Gasteiger partial charge in [-0.1, -0.05) is 29.8 Å². The molecule has 1 aromatic carbocycles. The Balaban J connectivity index is 1.88. The molecule has 3 aromatic heterocycles. The molecular weight excluding hydrogens is 324 g/mol. The number of hydrogen-bond donors (Lipinski definition) is 1. The van der Waals surface area contributed by atoms with E-state index >= 15 is 0 Å². The molecule has 4 rings (SSSR count). The molecule has 24 heavy (non-hydrogen) atoms. The van der Waals surface area contributed by atoms with Gasteiger partial charge in [-0.2, -0.15) is 5.10 Å². The molecule has 0 saturated heterocycles. The van der Waals surface area contributed by atoms with Crippen LogP contribution in [0.4, 0.5) is 0 Å². The van der Waals surface area contributed by atoms with E-state index in [1.54, 1.807) is 22.9 Å². The lowest BCUT2D eigenvalue weighted by atomic mass is 10.1. The van der Waals surface area contributed by atoms with Crippen molar-refractivity contribution < 1.29 is 0 Å². The molecule has 0 bridgehead atoms. The number of rotatable bonds is 2. The van der Waals surface area contributed by atoms with E-state index in [2.05, 4.69) is 15.1 Å². The number of hydrogen-bond acceptors (Lipinski definition) is 3. The van der Waals surface area contributed by atoms with Gasteiger partial charge in [0.15, 0.2) is 5.82 Å². The van der Waals surface area contributed by atoms with Crippen LogP contribution in [-0.2, 0) is 0 Å². The van der Waals surface area contributed by atoms with Crippen LogP contribution in [0, 0.1) is 6.92 Å². The summed E-state index contributed by atoms with van der Waals surface area (Å²) in [5.41, 5.74) is 3.16. The third-order valence-corrected chi connectivity index (χ3v) is 4.19. The Kier molecular flexibility index (Phi) is 3.43. The minimum Gasteiger partial charge on any atom is -0.305 e. The molecule has 4 aromatic rings. The van der Waals surface area contributed by atoms with Crippen LogP contribution in [0.2, 0.25) is 0 Å². The summed E-state index contributed by atoms with van der Waals surface area (Å²) in [6.07, 6.45) is 5.34. The Morgan fingerprint density at radius 1 is 1.25 bits per heavy atom. The number of para-hydroxylation sites is 1. The van der Waals surface area contributed by atoms with Gasteiger partial charge in [-0.05, 0) is 36.8 Å². The van der Waals surface area contributed by atoms with E-state index in [1.165, 1.54) is 0 Å². The van der Waals surface area contributed by atoms with Crippen LogP contribution in [0.15, 0.2) is 53.6 Å². The quantitative estimate of drug-likeness (QED) is 0.608. The second-order valence-corrected chi connectivity index (χ2v) is 5.92. The smallest absolute Gasteiger partial charge is 0.259 e. The first-order valence-electron chi connectivity index (χ1n) is 7.43. The number of nitrogens with one attached hydrogen (secondary N) is 1. The van der Waals surface area contributed by atoms with Crippen LogP contribution in [0.5, 0.6) is 0 Å². The van der Waals surface area contributed by atoms with Gasteiger partial charge < -0.3 is 4.98 Å². The zero-order chi connectivity index (χ0) is 16.7. The van der Waals surface area contributed by atoms with Gasteiger partial charge in [0.2, 0.25) is 0 Å². The second kappa shape index (κ2) is 5.62. The lowest BCUT2D eigenvalue weighted by molar-refractivity contribution is 0.961. The average Bonchev–Trinajstić information content (AvgIpc) is 2.99. The van der Waals surface area contributed by atoms with E-state index in [0.717, 1.165) is 16.6 Å². The Morgan fingerprint density at radius 2 is 2.12 bits per heavy atom. The van der Waals surface area contributed by atoms with E-state index in [-0.39, 0.29) is 5.56 Å². The fourth-order valence-corrected chi connectivity index (χ4v) is 2.90. The molecule has 118 valence electrons. The Hall–Kier alpha value is -2.92. The number of aromatic nitrogens is 4. The number of halogens is 1. The third-order valence-electron chi connectivity index (χ3n) is 3.90. The van der Waals surface area contributed by atoms with Crippen molar-refractivity contribution in [3.8, 4) is 0 Å². The van der Waals surface area contributed by atoms with E-state index in [0.29, 0.717) is 21.8 Å². The van der Waals surface area contributed by atoms with E-state index in [4.69, 9.17) is 11.6 Å². The monoisotopic (exact) mass is 336 g/mol. The minimum atomic E-state index is -0.204. The molecule has 6 heteroatoms. The molecule has 1 N–H and O–H groups in total. The summed E-state index contributed by atoms with van der Waals surface area (Å²) < 4.78 is 1.76. The van der Waals surface area contributed by atoms with Gasteiger partial charge >= 0.3 is 0 Å². The summed E-state index contributed by atoms with van der Waals surface area (Å²) in [4.78, 5) is 19.5. The molecule has 0 fully saturated rings. The first-order valence-corrected chi connectivity index (χ1v) is 7.81. The van der Waals surface area contributed by atoms with Crippen LogP contribution in [0.1, 0.15) is 17.0 Å². The molecule has 0 unspecified atom stereocenters. The maximum absolute atomic E-state index is 12.3. The Morgan fingerprint density at radius 3 is 3.00 bits per heavy atom. The molecule has 0 aliphatic heterocycles. The molecule has 0 spiro atoms. The number of aryl methyl sites for hydroxylation is 1.